The molecule has 29 heavy (non-hydrogen) atoms. The van der Waals surface area contributed by atoms with Gasteiger partial charge in [-0.2, -0.15) is 0 Å². The first-order chi connectivity index (χ1) is 14.1. The van der Waals surface area contributed by atoms with Crippen LogP contribution in [0.15, 0.2) is 66.9 Å². The van der Waals surface area contributed by atoms with Gasteiger partial charge in [-0.05, 0) is 60.7 Å². The fraction of sp³-hybridized carbons (Fsp3) is 0.136. The number of nitrogens with zero attached hydrogens (tertiary/aromatic N) is 2. The molecule has 2 heterocycles. The molecule has 3 aromatic rings. The number of ether oxygens (including phenoxy) is 2. The zero-order valence-corrected chi connectivity index (χ0v) is 16.0. The number of hydrogen-bond acceptors (Lipinski definition) is 6. The standard InChI is InChI=1S/C22H19N3O4/c1-28-17-11-9-16(10-12-17)25-20(19-18(21(25)26)4-3-13-23-19)24-15-7-5-14(6-8-15)22(27)29-2/h3-13,20,24H,1-2H3/t20-/m1/s1. The Kier molecular flexibility index (Phi) is 4.87. The molecule has 0 saturated carbocycles. The van der Waals surface area contributed by atoms with Gasteiger partial charge in [-0.3, -0.25) is 14.7 Å². The van der Waals surface area contributed by atoms with E-state index in [1.807, 2.05) is 12.1 Å². The molecule has 1 N–H and O–H groups in total. The second-order valence-electron chi connectivity index (χ2n) is 6.43. The van der Waals surface area contributed by atoms with E-state index in [-0.39, 0.29) is 5.91 Å². The van der Waals surface area contributed by atoms with E-state index in [1.165, 1.54) is 7.11 Å². The van der Waals surface area contributed by atoms with Crippen LogP contribution in [-0.4, -0.2) is 31.1 Å². The van der Waals surface area contributed by atoms with Gasteiger partial charge in [0.2, 0.25) is 0 Å². The van der Waals surface area contributed by atoms with Crippen molar-refractivity contribution in [2.45, 2.75) is 6.17 Å². The highest BCUT2D eigenvalue weighted by atomic mass is 16.5. The summed E-state index contributed by atoms with van der Waals surface area (Å²) in [6.07, 6.45) is 1.18. The maximum atomic E-state index is 13.1. The summed E-state index contributed by atoms with van der Waals surface area (Å²) in [6.45, 7) is 0. The molecule has 1 aromatic heterocycles. The normalized spacial score (nSPS) is 15.0. The molecule has 146 valence electrons. The molecule has 7 nitrogen and oxygen atoms in total. The number of aromatic nitrogens is 1. The summed E-state index contributed by atoms with van der Waals surface area (Å²) in [5.74, 6) is 0.167. The Hall–Kier alpha value is -3.87. The van der Waals surface area contributed by atoms with E-state index in [9.17, 15) is 9.59 Å². The monoisotopic (exact) mass is 389 g/mol. The van der Waals surface area contributed by atoms with Crippen LogP contribution in [0.5, 0.6) is 5.75 Å². The van der Waals surface area contributed by atoms with E-state index in [2.05, 4.69) is 10.3 Å². The van der Waals surface area contributed by atoms with Gasteiger partial charge in [0.15, 0.2) is 6.17 Å². The van der Waals surface area contributed by atoms with E-state index >= 15 is 0 Å². The number of rotatable bonds is 5. The number of fused-ring (bicyclic) bond motifs is 1. The van der Waals surface area contributed by atoms with Gasteiger partial charge in [0.25, 0.3) is 5.91 Å². The van der Waals surface area contributed by atoms with Crippen molar-refractivity contribution in [3.63, 3.8) is 0 Å². The van der Waals surface area contributed by atoms with Crippen LogP contribution in [-0.2, 0) is 4.74 Å². The first kappa shape index (κ1) is 18.5. The molecule has 7 heteroatoms. The number of nitrogens with one attached hydrogen (secondary N) is 1. The fourth-order valence-electron chi connectivity index (χ4n) is 3.31. The Balaban J connectivity index is 1.69. The average Bonchev–Trinajstić information content (AvgIpc) is 3.05. The van der Waals surface area contributed by atoms with Crippen molar-refractivity contribution in [2.75, 3.05) is 24.4 Å². The summed E-state index contributed by atoms with van der Waals surface area (Å²) >= 11 is 0. The predicted octanol–water partition coefficient (Wildman–Crippen LogP) is 3.65. The van der Waals surface area contributed by atoms with Gasteiger partial charge in [-0.1, -0.05) is 0 Å². The quantitative estimate of drug-likeness (QED) is 0.671. The highest BCUT2D eigenvalue weighted by Gasteiger charge is 2.39. The lowest BCUT2D eigenvalue weighted by atomic mass is 10.2. The number of pyridine rings is 1. The highest BCUT2D eigenvalue weighted by molar-refractivity contribution is 6.11. The maximum absolute atomic E-state index is 13.1. The molecule has 1 aliphatic rings. The summed E-state index contributed by atoms with van der Waals surface area (Å²) < 4.78 is 9.94. The van der Waals surface area contributed by atoms with E-state index in [0.29, 0.717) is 22.6 Å². The van der Waals surface area contributed by atoms with Crippen LogP contribution in [0.25, 0.3) is 0 Å². The minimum Gasteiger partial charge on any atom is -0.497 e. The lowest BCUT2D eigenvalue weighted by molar-refractivity contribution is 0.0600. The largest absolute Gasteiger partial charge is 0.497 e. The molecule has 0 saturated heterocycles. The zero-order chi connectivity index (χ0) is 20.4. The topological polar surface area (TPSA) is 80.8 Å². The molecule has 1 atom stereocenters. The number of amides is 1. The third-order valence-electron chi connectivity index (χ3n) is 4.76. The van der Waals surface area contributed by atoms with Crippen LogP contribution in [0.4, 0.5) is 11.4 Å². The number of hydrogen-bond donors (Lipinski definition) is 1. The van der Waals surface area contributed by atoms with Gasteiger partial charge >= 0.3 is 5.97 Å². The minimum atomic E-state index is -0.490. The maximum Gasteiger partial charge on any atom is 0.337 e. The third kappa shape index (κ3) is 3.38. The summed E-state index contributed by atoms with van der Waals surface area (Å²) in [5, 5.41) is 3.35. The van der Waals surface area contributed by atoms with Crippen molar-refractivity contribution in [3.05, 3.63) is 83.7 Å². The van der Waals surface area contributed by atoms with Crippen LogP contribution in [0, 0.1) is 0 Å². The molecular weight excluding hydrogens is 370 g/mol. The zero-order valence-electron chi connectivity index (χ0n) is 16.0. The average molecular weight is 389 g/mol. The van der Waals surface area contributed by atoms with Gasteiger partial charge in [-0.15, -0.1) is 0 Å². The summed E-state index contributed by atoms with van der Waals surface area (Å²) in [4.78, 5) is 30.8. The van der Waals surface area contributed by atoms with Gasteiger partial charge in [0, 0.05) is 17.6 Å². The molecule has 4 rings (SSSR count). The second kappa shape index (κ2) is 7.63. The SMILES string of the molecule is COC(=O)c1ccc(N[C@H]2c3ncccc3C(=O)N2c2ccc(OC)cc2)cc1. The molecule has 0 spiro atoms. The predicted molar refractivity (Wildman–Crippen MR) is 108 cm³/mol. The summed E-state index contributed by atoms with van der Waals surface area (Å²) in [7, 11) is 2.94. The molecule has 1 amide bonds. The number of anilines is 2. The first-order valence-electron chi connectivity index (χ1n) is 9.00. The van der Waals surface area contributed by atoms with E-state index in [4.69, 9.17) is 9.47 Å². The van der Waals surface area contributed by atoms with Crippen LogP contribution < -0.4 is 15.0 Å². The van der Waals surface area contributed by atoms with Gasteiger partial charge in [-0.25, -0.2) is 4.79 Å². The lowest BCUT2D eigenvalue weighted by Gasteiger charge is -2.26. The third-order valence-corrected chi connectivity index (χ3v) is 4.76. The highest BCUT2D eigenvalue weighted by Crippen LogP contribution is 2.37. The fourth-order valence-corrected chi connectivity index (χ4v) is 3.31. The van der Waals surface area contributed by atoms with Gasteiger partial charge < -0.3 is 14.8 Å². The van der Waals surface area contributed by atoms with E-state index in [0.717, 1.165) is 11.4 Å². The molecule has 0 unspecified atom stereocenters. The number of carbonyl (C=O) groups excluding carboxylic acids is 2. The van der Waals surface area contributed by atoms with Crippen LogP contribution in [0.2, 0.25) is 0 Å². The van der Waals surface area contributed by atoms with Crippen LogP contribution in [0.1, 0.15) is 32.6 Å². The Morgan fingerprint density at radius 1 is 1.03 bits per heavy atom. The van der Waals surface area contributed by atoms with Crippen molar-refractivity contribution >= 4 is 23.3 Å². The second-order valence-corrected chi connectivity index (χ2v) is 6.43. The molecule has 2 aromatic carbocycles. The first-order valence-corrected chi connectivity index (χ1v) is 9.00. The number of esters is 1. The van der Waals surface area contributed by atoms with Crippen molar-refractivity contribution in [2.24, 2.45) is 0 Å². The van der Waals surface area contributed by atoms with Crippen molar-refractivity contribution in [1.29, 1.82) is 0 Å². The Morgan fingerprint density at radius 2 is 1.76 bits per heavy atom. The molecule has 0 bridgehead atoms. The molecule has 1 aliphatic heterocycles. The number of benzene rings is 2. The van der Waals surface area contributed by atoms with E-state index < -0.39 is 12.1 Å². The Bertz CT molecular complexity index is 1050. The smallest absolute Gasteiger partial charge is 0.337 e. The number of carbonyl (C=O) groups is 2. The summed E-state index contributed by atoms with van der Waals surface area (Å²) in [6, 6.07) is 17.7. The lowest BCUT2D eigenvalue weighted by Crippen LogP contribution is -2.32. The molecular formula is C22H19N3O4. The van der Waals surface area contributed by atoms with Crippen molar-refractivity contribution in [1.82, 2.24) is 4.98 Å². The molecule has 0 aliphatic carbocycles. The molecule has 0 radical (unpaired) electrons. The van der Waals surface area contributed by atoms with Crippen molar-refractivity contribution in [3.8, 4) is 5.75 Å². The number of methoxy groups -OCH3 is 2. The van der Waals surface area contributed by atoms with Crippen LogP contribution in [0.3, 0.4) is 0 Å². The van der Waals surface area contributed by atoms with Crippen LogP contribution >= 0.6 is 0 Å². The minimum absolute atomic E-state index is 0.137. The molecule has 0 fully saturated rings. The Labute approximate surface area is 167 Å². The summed E-state index contributed by atoms with van der Waals surface area (Å²) in [5.41, 5.74) is 3.10. The van der Waals surface area contributed by atoms with E-state index in [1.54, 1.807) is 66.7 Å². The Morgan fingerprint density at radius 3 is 2.41 bits per heavy atom. The van der Waals surface area contributed by atoms with Gasteiger partial charge in [0.1, 0.15) is 5.75 Å². The van der Waals surface area contributed by atoms with Gasteiger partial charge in [0.05, 0.1) is 31.0 Å². The van der Waals surface area contributed by atoms with Crippen molar-refractivity contribution < 1.29 is 19.1 Å².